The Bertz CT molecular complexity index is 499. The first-order valence-corrected chi connectivity index (χ1v) is 7.15. The molecule has 18 heavy (non-hydrogen) atoms. The van der Waals surface area contributed by atoms with Crippen LogP contribution in [-0.2, 0) is 0 Å². The zero-order valence-corrected chi connectivity index (χ0v) is 12.1. The van der Waals surface area contributed by atoms with Crippen molar-refractivity contribution in [3.05, 3.63) is 39.5 Å². The number of halogens is 2. The van der Waals surface area contributed by atoms with Crippen molar-refractivity contribution in [2.75, 3.05) is 18.1 Å². The highest BCUT2D eigenvalue weighted by Crippen LogP contribution is 2.31. The van der Waals surface area contributed by atoms with Gasteiger partial charge in [-0.15, -0.1) is 0 Å². The molecule has 5 heteroatoms. The van der Waals surface area contributed by atoms with Gasteiger partial charge in [0.15, 0.2) is 0 Å². The molecule has 0 amide bonds. The van der Waals surface area contributed by atoms with Gasteiger partial charge in [0.2, 0.25) is 0 Å². The predicted molar refractivity (Wildman–Crippen MR) is 78.5 cm³/mol. The summed E-state index contributed by atoms with van der Waals surface area (Å²) in [5.74, 6) is 0.433. The van der Waals surface area contributed by atoms with E-state index < -0.39 is 0 Å². The zero-order chi connectivity index (χ0) is 12.7. The van der Waals surface area contributed by atoms with Gasteiger partial charge in [-0.25, -0.2) is 4.39 Å². The van der Waals surface area contributed by atoms with E-state index in [1.54, 1.807) is 12.1 Å². The molecule has 1 saturated carbocycles. The maximum atomic E-state index is 14.0. The average Bonchev–Trinajstić information content (AvgIpc) is 3.14. The first-order valence-electron chi connectivity index (χ1n) is 6.07. The van der Waals surface area contributed by atoms with Crippen molar-refractivity contribution in [3.8, 4) is 0 Å². The minimum atomic E-state index is -0.212. The van der Waals surface area contributed by atoms with Gasteiger partial charge >= 0.3 is 0 Å². The van der Waals surface area contributed by atoms with E-state index in [0.717, 1.165) is 10.1 Å². The minimum Gasteiger partial charge on any atom is -0.385 e. The predicted octanol–water partition coefficient (Wildman–Crippen LogP) is 2.47. The molecular weight excluding hydrogens is 344 g/mol. The van der Waals surface area contributed by atoms with E-state index in [4.69, 9.17) is 5.73 Å². The second-order valence-corrected chi connectivity index (χ2v) is 6.04. The van der Waals surface area contributed by atoms with Gasteiger partial charge in [0, 0.05) is 16.2 Å². The average molecular weight is 359 g/mol. The normalized spacial score (nSPS) is 21.0. The fourth-order valence-electron chi connectivity index (χ4n) is 2.26. The van der Waals surface area contributed by atoms with E-state index in [1.165, 1.54) is 12.8 Å². The van der Waals surface area contributed by atoms with E-state index in [-0.39, 0.29) is 5.82 Å². The number of anilines is 1. The van der Waals surface area contributed by atoms with Crippen LogP contribution in [0.15, 0.2) is 30.1 Å². The lowest BCUT2D eigenvalue weighted by atomic mass is 10.2. The van der Waals surface area contributed by atoms with Gasteiger partial charge in [-0.05, 0) is 59.7 Å². The number of rotatable bonds is 2. The molecule has 1 heterocycles. The molecule has 0 bridgehead atoms. The van der Waals surface area contributed by atoms with Gasteiger partial charge in [0.05, 0.1) is 12.4 Å². The summed E-state index contributed by atoms with van der Waals surface area (Å²) in [5.41, 5.74) is 6.56. The van der Waals surface area contributed by atoms with Crippen LogP contribution in [0.25, 0.3) is 0 Å². The van der Waals surface area contributed by atoms with Crippen molar-refractivity contribution in [2.45, 2.75) is 18.9 Å². The van der Waals surface area contributed by atoms with Crippen molar-refractivity contribution in [3.63, 3.8) is 0 Å². The second-order valence-electron chi connectivity index (χ2n) is 4.80. The second kappa shape index (κ2) is 4.70. The summed E-state index contributed by atoms with van der Waals surface area (Å²) in [7, 11) is 0. The minimum absolute atomic E-state index is 0.212. The molecule has 0 radical (unpaired) electrons. The van der Waals surface area contributed by atoms with Crippen molar-refractivity contribution >= 4 is 28.3 Å². The Morgan fingerprint density at radius 3 is 2.78 bits per heavy atom. The molecule has 3 rings (SSSR count). The maximum Gasteiger partial charge on any atom is 0.147 e. The fraction of sp³-hybridized carbons (Fsp3) is 0.385. The summed E-state index contributed by atoms with van der Waals surface area (Å²) < 4.78 is 14.9. The first kappa shape index (κ1) is 12.2. The molecule has 2 N–H and O–H groups in total. The summed E-state index contributed by atoms with van der Waals surface area (Å²) in [6, 6.07) is 5.90. The van der Waals surface area contributed by atoms with Crippen LogP contribution >= 0.6 is 22.6 Å². The Kier molecular flexibility index (Phi) is 3.19. The van der Waals surface area contributed by atoms with Crippen molar-refractivity contribution in [2.24, 2.45) is 5.73 Å². The van der Waals surface area contributed by atoms with Crippen LogP contribution in [0.2, 0.25) is 0 Å². The first-order chi connectivity index (χ1) is 8.65. The molecule has 0 saturated heterocycles. The van der Waals surface area contributed by atoms with Crippen LogP contribution in [-0.4, -0.2) is 24.2 Å². The van der Waals surface area contributed by atoms with E-state index in [9.17, 15) is 4.39 Å². The van der Waals surface area contributed by atoms with Gasteiger partial charge in [-0.3, -0.25) is 4.90 Å². The van der Waals surface area contributed by atoms with Crippen LogP contribution in [0, 0.1) is 9.39 Å². The topological polar surface area (TPSA) is 32.5 Å². The molecule has 0 unspecified atom stereocenters. The number of benzene rings is 1. The summed E-state index contributed by atoms with van der Waals surface area (Å²) >= 11 is 2.11. The van der Waals surface area contributed by atoms with Crippen LogP contribution in [0.1, 0.15) is 12.8 Å². The largest absolute Gasteiger partial charge is 0.385 e. The van der Waals surface area contributed by atoms with Crippen molar-refractivity contribution < 1.29 is 4.39 Å². The molecule has 1 aromatic rings. The van der Waals surface area contributed by atoms with Gasteiger partial charge in [0.1, 0.15) is 11.6 Å². The number of nitrogens with zero attached hydrogens (tertiary/aromatic N) is 2. The molecular formula is C13H15FIN3. The summed E-state index contributed by atoms with van der Waals surface area (Å²) in [5, 5.41) is 0. The van der Waals surface area contributed by atoms with Gasteiger partial charge < -0.3 is 10.6 Å². The highest BCUT2D eigenvalue weighted by Gasteiger charge is 2.32. The highest BCUT2D eigenvalue weighted by atomic mass is 127. The molecule has 2 aliphatic rings. The third-order valence-corrected chi connectivity index (χ3v) is 4.10. The summed E-state index contributed by atoms with van der Waals surface area (Å²) in [6.07, 6.45) is 4.47. The smallest absolute Gasteiger partial charge is 0.147 e. The Morgan fingerprint density at radius 1 is 1.33 bits per heavy atom. The zero-order valence-electron chi connectivity index (χ0n) is 9.94. The van der Waals surface area contributed by atoms with E-state index in [2.05, 4.69) is 27.5 Å². The lowest BCUT2D eigenvalue weighted by Crippen LogP contribution is -2.45. The quantitative estimate of drug-likeness (QED) is 0.824. The lowest BCUT2D eigenvalue weighted by Gasteiger charge is -2.35. The molecule has 96 valence electrons. The SMILES string of the molecule is NC1=CCN(C2CC2)CN1c1ccc(I)cc1F. The molecule has 1 aromatic carbocycles. The van der Waals surface area contributed by atoms with Crippen molar-refractivity contribution in [1.29, 1.82) is 0 Å². The Labute approximate surface area is 120 Å². The molecule has 0 spiro atoms. The Balaban J connectivity index is 1.89. The maximum absolute atomic E-state index is 14.0. The summed E-state index contributed by atoms with van der Waals surface area (Å²) in [4.78, 5) is 4.20. The van der Waals surface area contributed by atoms with E-state index in [0.29, 0.717) is 24.2 Å². The molecule has 0 aromatic heterocycles. The fourth-order valence-corrected chi connectivity index (χ4v) is 2.71. The van der Waals surface area contributed by atoms with Crippen LogP contribution in [0.5, 0.6) is 0 Å². The third-order valence-electron chi connectivity index (χ3n) is 3.43. The van der Waals surface area contributed by atoms with Crippen LogP contribution in [0.3, 0.4) is 0 Å². The van der Waals surface area contributed by atoms with Crippen LogP contribution in [0.4, 0.5) is 10.1 Å². The number of hydrogen-bond donors (Lipinski definition) is 1. The summed E-state index contributed by atoms with van der Waals surface area (Å²) in [6.45, 7) is 1.56. The molecule has 0 atom stereocenters. The van der Waals surface area contributed by atoms with Crippen LogP contribution < -0.4 is 10.6 Å². The molecule has 1 aliphatic carbocycles. The van der Waals surface area contributed by atoms with E-state index in [1.807, 2.05) is 17.0 Å². The Hall–Kier alpha value is -0.820. The number of hydrogen-bond acceptors (Lipinski definition) is 3. The molecule has 3 nitrogen and oxygen atoms in total. The van der Waals surface area contributed by atoms with Gasteiger partial charge in [0.25, 0.3) is 0 Å². The number of nitrogens with two attached hydrogens (primary N) is 1. The highest BCUT2D eigenvalue weighted by molar-refractivity contribution is 14.1. The standard InChI is InChI=1S/C13H15FIN3/c14-11-7-9(15)1-4-12(11)18-8-17(10-2-3-10)6-5-13(18)16/h1,4-5,7,10H,2-3,6,8,16H2. The van der Waals surface area contributed by atoms with Crippen molar-refractivity contribution in [1.82, 2.24) is 4.90 Å². The lowest BCUT2D eigenvalue weighted by molar-refractivity contribution is 0.283. The Morgan fingerprint density at radius 2 is 2.11 bits per heavy atom. The monoisotopic (exact) mass is 359 g/mol. The molecule has 1 aliphatic heterocycles. The molecule has 1 fully saturated rings. The van der Waals surface area contributed by atoms with Gasteiger partial charge in [-0.1, -0.05) is 0 Å². The third kappa shape index (κ3) is 2.33. The van der Waals surface area contributed by atoms with E-state index >= 15 is 0 Å². The van der Waals surface area contributed by atoms with Gasteiger partial charge in [-0.2, -0.15) is 0 Å².